The van der Waals surface area contributed by atoms with E-state index < -0.39 is 11.6 Å². The highest BCUT2D eigenvalue weighted by Gasteiger charge is 2.44. The first kappa shape index (κ1) is 19.7. The minimum atomic E-state index is -0.908. The van der Waals surface area contributed by atoms with E-state index in [9.17, 15) is 14.0 Å². The molecule has 1 saturated heterocycles. The maximum absolute atomic E-state index is 13.3. The molecule has 2 aliphatic rings. The number of hydrogen-bond acceptors (Lipinski definition) is 3. The normalized spacial score (nSPS) is 20.8. The summed E-state index contributed by atoms with van der Waals surface area (Å²) in [4.78, 5) is 28.6. The van der Waals surface area contributed by atoms with Gasteiger partial charge in [0.05, 0.1) is 0 Å². The highest BCUT2D eigenvalue weighted by atomic mass is 19.1. The highest BCUT2D eigenvalue weighted by molar-refractivity contribution is 5.95. The van der Waals surface area contributed by atoms with Crippen LogP contribution in [0.2, 0.25) is 0 Å². The number of nitrogens with two attached hydrogens (primary N) is 1. The van der Waals surface area contributed by atoms with Crippen molar-refractivity contribution in [3.8, 4) is 0 Å². The second-order valence-corrected chi connectivity index (χ2v) is 7.51. The minimum Gasteiger partial charge on any atom is -0.366 e. The van der Waals surface area contributed by atoms with Crippen LogP contribution in [-0.2, 0) is 17.8 Å². The van der Waals surface area contributed by atoms with Crippen LogP contribution >= 0.6 is 0 Å². The molecule has 7 heteroatoms. The fourth-order valence-electron chi connectivity index (χ4n) is 3.95. The summed E-state index contributed by atoms with van der Waals surface area (Å²) in [7, 11) is 0. The number of urea groups is 1. The van der Waals surface area contributed by atoms with E-state index in [1.54, 1.807) is 40.3 Å². The molecule has 3 amide bonds. The van der Waals surface area contributed by atoms with E-state index in [1.807, 2.05) is 30.3 Å². The van der Waals surface area contributed by atoms with Crippen molar-refractivity contribution in [2.45, 2.75) is 18.6 Å². The predicted molar refractivity (Wildman–Crippen MR) is 111 cm³/mol. The maximum atomic E-state index is 13.3. The van der Waals surface area contributed by atoms with Crippen LogP contribution in [-0.4, -0.2) is 40.5 Å². The molecule has 1 fully saturated rings. The molecule has 154 valence electrons. The summed E-state index contributed by atoms with van der Waals surface area (Å²) < 4.78 is 13.2. The van der Waals surface area contributed by atoms with Crippen molar-refractivity contribution in [2.75, 3.05) is 13.1 Å². The predicted octanol–water partition coefficient (Wildman–Crippen LogP) is 2.53. The van der Waals surface area contributed by atoms with Gasteiger partial charge < -0.3 is 16.0 Å². The Labute approximate surface area is 174 Å². The number of carbonyl (C=O) groups excluding carboxylic acids is 2. The first-order chi connectivity index (χ1) is 14.5. The summed E-state index contributed by atoms with van der Waals surface area (Å²) >= 11 is 0. The molecule has 30 heavy (non-hydrogen) atoms. The third-order valence-electron chi connectivity index (χ3n) is 5.45. The van der Waals surface area contributed by atoms with Gasteiger partial charge in [0.25, 0.3) is 0 Å². The van der Waals surface area contributed by atoms with E-state index in [1.165, 1.54) is 12.1 Å². The quantitative estimate of drug-likeness (QED) is 0.774. The lowest BCUT2D eigenvalue weighted by Gasteiger charge is -2.41. The molecule has 2 aromatic rings. The van der Waals surface area contributed by atoms with Gasteiger partial charge in [0.2, 0.25) is 5.91 Å². The lowest BCUT2D eigenvalue weighted by molar-refractivity contribution is -0.114. The molecule has 6 nitrogen and oxygen atoms in total. The van der Waals surface area contributed by atoms with Crippen LogP contribution in [0.3, 0.4) is 0 Å². The van der Waals surface area contributed by atoms with E-state index in [0.717, 1.165) is 11.1 Å². The van der Waals surface area contributed by atoms with Gasteiger partial charge in [-0.2, -0.15) is 0 Å². The number of hydrogen-bond donors (Lipinski definition) is 2. The van der Waals surface area contributed by atoms with Crippen molar-refractivity contribution >= 4 is 11.9 Å². The average molecular weight is 406 g/mol. The van der Waals surface area contributed by atoms with Gasteiger partial charge in [-0.3, -0.25) is 9.69 Å². The van der Waals surface area contributed by atoms with Crippen LogP contribution in [0.1, 0.15) is 11.1 Å². The Morgan fingerprint density at radius 1 is 1.07 bits per heavy atom. The van der Waals surface area contributed by atoms with E-state index >= 15 is 0 Å². The number of dihydropyridines is 1. The van der Waals surface area contributed by atoms with Crippen LogP contribution < -0.4 is 11.1 Å². The van der Waals surface area contributed by atoms with Crippen molar-refractivity contribution in [3.05, 3.63) is 95.5 Å². The molecule has 0 spiro atoms. The summed E-state index contributed by atoms with van der Waals surface area (Å²) in [5.41, 5.74) is 6.85. The van der Waals surface area contributed by atoms with Crippen LogP contribution in [0.15, 0.2) is 78.5 Å². The number of amides is 3. The maximum Gasteiger partial charge on any atom is 0.322 e. The monoisotopic (exact) mass is 406 g/mol. The Morgan fingerprint density at radius 2 is 1.80 bits per heavy atom. The minimum absolute atomic E-state index is 0.155. The van der Waals surface area contributed by atoms with Crippen molar-refractivity contribution in [2.24, 2.45) is 5.73 Å². The summed E-state index contributed by atoms with van der Waals surface area (Å²) in [6, 6.07) is 15.8. The van der Waals surface area contributed by atoms with Gasteiger partial charge in [-0.1, -0.05) is 42.5 Å². The summed E-state index contributed by atoms with van der Waals surface area (Å²) in [6.45, 7) is 1.40. The second kappa shape index (κ2) is 8.02. The van der Waals surface area contributed by atoms with Gasteiger partial charge >= 0.3 is 6.03 Å². The summed E-state index contributed by atoms with van der Waals surface area (Å²) in [6.07, 6.45) is 5.49. The van der Waals surface area contributed by atoms with Crippen LogP contribution in [0.25, 0.3) is 0 Å². The molecule has 1 unspecified atom stereocenters. The molecule has 0 radical (unpaired) electrons. The zero-order valence-corrected chi connectivity index (χ0v) is 16.4. The van der Waals surface area contributed by atoms with Gasteiger partial charge in [0, 0.05) is 31.6 Å². The molecule has 4 rings (SSSR count). The number of primary amides is 1. The molecule has 0 aromatic heterocycles. The molecule has 2 aromatic carbocycles. The SMILES string of the molecule is NC(=O)C1=CC(Cc2ccccc2)(N2CCN(Cc3ccc(F)cc3)C2=O)NC=C1. The van der Waals surface area contributed by atoms with Crippen LogP contribution in [0.4, 0.5) is 9.18 Å². The van der Waals surface area contributed by atoms with Crippen molar-refractivity contribution in [1.29, 1.82) is 0 Å². The van der Waals surface area contributed by atoms with Crippen LogP contribution in [0, 0.1) is 5.82 Å². The zero-order chi connectivity index (χ0) is 21.1. The van der Waals surface area contributed by atoms with E-state index in [-0.39, 0.29) is 11.8 Å². The Morgan fingerprint density at radius 3 is 2.50 bits per heavy atom. The topological polar surface area (TPSA) is 78.7 Å². The van der Waals surface area contributed by atoms with Crippen molar-refractivity contribution in [3.63, 3.8) is 0 Å². The molecule has 2 aliphatic heterocycles. The van der Waals surface area contributed by atoms with Gasteiger partial charge in [-0.15, -0.1) is 0 Å². The van der Waals surface area contributed by atoms with Gasteiger partial charge in [0.15, 0.2) is 0 Å². The molecule has 0 bridgehead atoms. The van der Waals surface area contributed by atoms with Gasteiger partial charge in [0.1, 0.15) is 11.5 Å². The number of carbonyl (C=O) groups is 2. The summed E-state index contributed by atoms with van der Waals surface area (Å²) in [5, 5.41) is 3.29. The standard InChI is InChI=1S/C23H23FN4O2/c24-20-8-6-18(7-9-20)16-27-12-13-28(22(27)30)23(14-17-4-2-1-3-5-17)15-19(21(25)29)10-11-26-23/h1-11,15,26H,12-14,16H2,(H2,25,29). The average Bonchev–Trinajstić information content (AvgIpc) is 3.11. The van der Waals surface area contributed by atoms with Crippen LogP contribution in [0.5, 0.6) is 0 Å². The van der Waals surface area contributed by atoms with Gasteiger partial charge in [-0.05, 0) is 41.6 Å². The fourth-order valence-corrected chi connectivity index (χ4v) is 3.95. The molecule has 0 saturated carbocycles. The third-order valence-corrected chi connectivity index (χ3v) is 5.45. The van der Waals surface area contributed by atoms with Crippen molar-refractivity contribution < 1.29 is 14.0 Å². The largest absolute Gasteiger partial charge is 0.366 e. The fraction of sp³-hybridized carbons (Fsp3) is 0.217. The molecule has 0 aliphatic carbocycles. The highest BCUT2D eigenvalue weighted by Crippen LogP contribution is 2.29. The van der Waals surface area contributed by atoms with Crippen molar-refractivity contribution in [1.82, 2.24) is 15.1 Å². The Hall–Kier alpha value is -3.61. The number of nitrogens with zero attached hydrogens (tertiary/aromatic N) is 2. The molecular formula is C23H23FN4O2. The van der Waals surface area contributed by atoms with E-state index in [2.05, 4.69) is 5.32 Å². The van der Waals surface area contributed by atoms with E-state index in [4.69, 9.17) is 5.73 Å². The lowest BCUT2D eigenvalue weighted by Crippen LogP contribution is -2.60. The second-order valence-electron chi connectivity index (χ2n) is 7.51. The Bertz CT molecular complexity index is 1000. The van der Waals surface area contributed by atoms with Gasteiger partial charge in [-0.25, -0.2) is 9.18 Å². The smallest absolute Gasteiger partial charge is 0.322 e. The summed E-state index contributed by atoms with van der Waals surface area (Å²) in [5.74, 6) is -0.850. The first-order valence-corrected chi connectivity index (χ1v) is 9.79. The number of benzene rings is 2. The molecule has 3 N–H and O–H groups in total. The Kier molecular flexibility index (Phi) is 5.27. The molecule has 1 atom stereocenters. The Balaban J connectivity index is 1.62. The molecular weight excluding hydrogens is 383 g/mol. The number of rotatable bonds is 6. The molecule has 2 heterocycles. The zero-order valence-electron chi connectivity index (χ0n) is 16.4. The number of nitrogens with one attached hydrogen (secondary N) is 1. The lowest BCUT2D eigenvalue weighted by atomic mass is 9.93. The third kappa shape index (κ3) is 3.91. The first-order valence-electron chi connectivity index (χ1n) is 9.79. The number of halogens is 1. The van der Waals surface area contributed by atoms with E-state index in [0.29, 0.717) is 31.6 Å².